The van der Waals surface area contributed by atoms with E-state index >= 15 is 0 Å². The molecule has 0 aromatic carbocycles. The Morgan fingerprint density at radius 2 is 1.25 bits per heavy atom. The third-order valence-electron chi connectivity index (χ3n) is 0. The molecule has 0 bridgehead atoms. The molecule has 0 aromatic rings. The van der Waals surface area contributed by atoms with Crippen LogP contribution in [0.2, 0.25) is 0 Å². The average Bonchev–Trinajstić information content (AvgIpc) is 1.00. The van der Waals surface area contributed by atoms with E-state index in [1.54, 1.807) is 0 Å². The number of hydrogen-bond donors (Lipinski definition) is 0. The fraction of sp³-hybridized carbons (Fsp3) is 0. The maximum Gasteiger partial charge on any atom is 0.245 e. The van der Waals surface area contributed by atoms with Crippen molar-refractivity contribution in [1.29, 1.82) is 0 Å². The predicted octanol–water partition coefficient (Wildman–Crippen LogP) is -2.22. The smallest absolute Gasteiger partial charge is 0.245 e. The van der Waals surface area contributed by atoms with E-state index in [1.807, 2.05) is 0 Å². The summed E-state index contributed by atoms with van der Waals surface area (Å²) in [5, 5.41) is 0. The summed E-state index contributed by atoms with van der Waals surface area (Å²) < 4.78 is 8.28. The van der Waals surface area contributed by atoms with Crippen LogP contribution in [0.1, 0.15) is 0 Å². The van der Waals surface area contributed by atoms with E-state index in [0.29, 0.717) is 10.1 Å². The van der Waals surface area contributed by atoms with Gasteiger partial charge in [-0.1, -0.05) is 0 Å². The molecular weight excluding hydrogens is 162 g/mol. The second-order valence-corrected chi connectivity index (χ2v) is 0. The van der Waals surface area contributed by atoms with Crippen molar-refractivity contribution in [2.45, 2.75) is 0 Å². The van der Waals surface area contributed by atoms with E-state index in [2.05, 4.69) is 0 Å². The van der Waals surface area contributed by atoms with Crippen molar-refractivity contribution in [3.05, 3.63) is 0 Å². The first kappa shape index (κ1) is 18.0. The van der Waals surface area contributed by atoms with Crippen molar-refractivity contribution in [3.63, 3.8) is 0 Å². The van der Waals surface area contributed by atoms with Crippen LogP contribution in [0.25, 0.3) is 0 Å². The zero-order valence-corrected chi connectivity index (χ0v) is 5.49. The van der Waals surface area contributed by atoms with Crippen molar-refractivity contribution < 1.29 is 30.7 Å². The van der Waals surface area contributed by atoms with Gasteiger partial charge in [0.15, 0.2) is 17.4 Å². The fourth-order valence-corrected chi connectivity index (χ4v) is 0. The first-order valence-corrected chi connectivity index (χ1v) is 0.866. The molecule has 0 N–H and O–H groups in total. The number of hydrogen-bond acceptors (Lipinski definition) is 1. The van der Waals surface area contributed by atoms with Gasteiger partial charge in [-0.3, -0.25) is 0 Å². The molecule has 1 nitrogen and oxygen atoms in total. The predicted molar refractivity (Wildman–Crippen MR) is 19.2 cm³/mol. The van der Waals surface area contributed by atoms with E-state index in [9.17, 15) is 0 Å². The summed E-state index contributed by atoms with van der Waals surface area (Å²) in [4.78, 5) is 0. The molecule has 0 fully saturated rings. The Morgan fingerprint density at radius 3 is 1.25 bits per heavy atom. The molecule has 0 saturated heterocycles. The van der Waals surface area contributed by atoms with Gasteiger partial charge in [0.1, 0.15) is 0 Å². The van der Waals surface area contributed by atoms with Crippen molar-refractivity contribution in [1.82, 2.24) is 0 Å². The Hall–Kier alpha value is 1.43. The van der Waals surface area contributed by atoms with E-state index in [0.717, 1.165) is 0 Å². The largest absolute Gasteiger partial charge is 0.396 e. The van der Waals surface area contributed by atoms with Crippen LogP contribution in [0.15, 0.2) is 0 Å². The quantitative estimate of drug-likeness (QED) is 0.374. The summed E-state index contributed by atoms with van der Waals surface area (Å²) >= 11 is 0. The van der Waals surface area contributed by atoms with Gasteiger partial charge in [-0.15, -0.1) is 0 Å². The Balaban J connectivity index is -0.00000000500. The summed E-state index contributed by atoms with van der Waals surface area (Å²) in [5.41, 5.74) is 0. The minimum Gasteiger partial charge on any atom is -0.396 e. The van der Waals surface area contributed by atoms with Crippen LogP contribution in [0.3, 0.4) is 0 Å². The molecule has 0 heterocycles. The van der Waals surface area contributed by atoms with Gasteiger partial charge in [0, 0.05) is 26.2 Å². The molecule has 0 spiro atoms. The molecule has 4 heteroatoms. The molecule has 0 aliphatic rings. The molecule has 0 unspecified atom stereocenters. The Morgan fingerprint density at radius 1 is 1.25 bits per heavy atom. The van der Waals surface area contributed by atoms with Crippen LogP contribution >= 0.6 is 0 Å². The summed E-state index contributed by atoms with van der Waals surface area (Å²) in [5.74, 6) is 0. The van der Waals surface area contributed by atoms with E-state index in [4.69, 9.17) is 4.46 Å². The zero-order chi connectivity index (χ0) is 2.00. The van der Waals surface area contributed by atoms with Gasteiger partial charge in [0.05, 0.1) is 0 Å². The van der Waals surface area contributed by atoms with Gasteiger partial charge in [0.2, 0.25) is 10.1 Å². The first-order chi connectivity index (χ1) is 1.00. The third-order valence-corrected chi connectivity index (χ3v) is 0. The maximum atomic E-state index is 8.28. The average molecular weight is 167 g/mol. The zero-order valence-electron chi connectivity index (χ0n) is 1.62. The fourth-order valence-electron chi connectivity index (χ4n) is 0. The van der Waals surface area contributed by atoms with E-state index < -0.39 is 0 Å². The molecular formula is H5AlOSiZr. The summed E-state index contributed by atoms with van der Waals surface area (Å²) in [7, 11) is 0.611. The van der Waals surface area contributed by atoms with Crippen LogP contribution < -0.4 is 0 Å². The van der Waals surface area contributed by atoms with Crippen LogP contribution in [-0.4, -0.2) is 27.5 Å². The topological polar surface area (TPSA) is 17.1 Å². The van der Waals surface area contributed by atoms with Crippen molar-refractivity contribution in [2.75, 3.05) is 0 Å². The summed E-state index contributed by atoms with van der Waals surface area (Å²) in [6.45, 7) is 0. The van der Waals surface area contributed by atoms with Crippen LogP contribution in [0.4, 0.5) is 0 Å². The maximum absolute atomic E-state index is 8.28. The van der Waals surface area contributed by atoms with Gasteiger partial charge < -0.3 is 4.46 Å². The van der Waals surface area contributed by atoms with Gasteiger partial charge in [-0.05, 0) is 0 Å². The Kier molecular flexibility index (Phi) is 115. The van der Waals surface area contributed by atoms with Gasteiger partial charge in [-0.25, -0.2) is 0 Å². The minimum absolute atomic E-state index is 0. The van der Waals surface area contributed by atoms with Crippen molar-refractivity contribution in [2.24, 2.45) is 0 Å². The van der Waals surface area contributed by atoms with Crippen LogP contribution in [0, 0.1) is 0 Å². The van der Waals surface area contributed by atoms with Gasteiger partial charge in [0.25, 0.3) is 0 Å². The Bertz CT molecular complexity index is 8.00. The molecule has 0 radical (unpaired) electrons. The van der Waals surface area contributed by atoms with Gasteiger partial charge in [-0.2, -0.15) is 0 Å². The molecule has 22 valence electrons. The Labute approximate surface area is 57.9 Å². The van der Waals surface area contributed by atoms with E-state index in [-0.39, 0.29) is 43.6 Å². The van der Waals surface area contributed by atoms with Crippen LogP contribution in [0.5, 0.6) is 0 Å². The van der Waals surface area contributed by atoms with E-state index in [1.165, 1.54) is 0 Å². The van der Waals surface area contributed by atoms with Crippen molar-refractivity contribution in [3.8, 4) is 0 Å². The van der Waals surface area contributed by atoms with Gasteiger partial charge >= 0.3 is 0 Å². The van der Waals surface area contributed by atoms with Crippen molar-refractivity contribution >= 4 is 27.5 Å². The molecule has 0 aliphatic carbocycles. The SMILES string of the molecule is O=[SiH2].[AlH3].[Zr]. The second kappa shape index (κ2) is 25.5. The molecule has 0 saturated carbocycles. The standard InChI is InChI=1S/Al.H2OSi.Zr.3H/c;1-2;;;;/h;2H2;;;;. The molecule has 0 aromatic heterocycles. The molecule has 4 heavy (non-hydrogen) atoms. The molecule has 0 aliphatic heterocycles. The molecule has 0 amide bonds. The third kappa shape index (κ3) is 9.90. The number of rotatable bonds is 0. The minimum atomic E-state index is 0. The molecule has 0 rings (SSSR count). The first-order valence-electron chi connectivity index (χ1n) is 0.289. The normalized spacial score (nSPS) is 1.00. The van der Waals surface area contributed by atoms with Crippen LogP contribution in [-0.2, 0) is 30.7 Å². The summed E-state index contributed by atoms with van der Waals surface area (Å²) in [6.07, 6.45) is 0. The molecule has 0 atom stereocenters. The second-order valence-electron chi connectivity index (χ2n) is 0. The monoisotopic (exact) mass is 166 g/mol. The summed E-state index contributed by atoms with van der Waals surface area (Å²) in [6, 6.07) is 0.